The minimum absolute atomic E-state index is 0.516. The first kappa shape index (κ1) is 12.3. The average Bonchev–Trinajstić information content (AvgIpc) is 2.61. The van der Waals surface area contributed by atoms with Crippen LogP contribution in [0, 0.1) is 0 Å². The Kier molecular flexibility index (Phi) is 3.93. The van der Waals surface area contributed by atoms with Gasteiger partial charge in [-0.25, -0.2) is 4.98 Å². The van der Waals surface area contributed by atoms with Crippen molar-refractivity contribution in [2.24, 2.45) is 0 Å². The number of aromatic nitrogens is 1. The van der Waals surface area contributed by atoms with Crippen molar-refractivity contribution in [2.75, 3.05) is 25.0 Å². The first-order valence-electron chi connectivity index (χ1n) is 5.97. The van der Waals surface area contributed by atoms with Gasteiger partial charge in [0.2, 0.25) is 0 Å². The summed E-state index contributed by atoms with van der Waals surface area (Å²) < 4.78 is 0. The molecule has 17 heavy (non-hydrogen) atoms. The fraction of sp³-hybridized carbons (Fsp3) is 0.583. The first-order valence-corrected chi connectivity index (χ1v) is 5.97. The number of hydrogen-bond donors (Lipinski definition) is 3. The molecule has 2 rings (SSSR count). The second kappa shape index (κ2) is 5.44. The van der Waals surface area contributed by atoms with Gasteiger partial charge in [-0.05, 0) is 13.0 Å². The molecule has 2 heterocycles. The van der Waals surface area contributed by atoms with Gasteiger partial charge >= 0.3 is 0 Å². The highest BCUT2D eigenvalue weighted by Gasteiger charge is 2.29. The van der Waals surface area contributed by atoms with Gasteiger partial charge in [-0.2, -0.15) is 0 Å². The highest BCUT2D eigenvalue weighted by atomic mass is 16.3. The van der Waals surface area contributed by atoms with E-state index in [9.17, 15) is 10.2 Å². The number of likely N-dealkylation sites (tertiary alicyclic amines) is 1. The van der Waals surface area contributed by atoms with Gasteiger partial charge in [0.1, 0.15) is 5.82 Å². The predicted octanol–water partition coefficient (Wildman–Crippen LogP) is 0.0508. The molecular formula is C12H19N3O2. The highest BCUT2D eigenvalue weighted by Crippen LogP contribution is 2.18. The summed E-state index contributed by atoms with van der Waals surface area (Å²) in [5.74, 6) is 0.880. The Hall–Kier alpha value is -1.17. The third-order valence-corrected chi connectivity index (χ3v) is 2.96. The summed E-state index contributed by atoms with van der Waals surface area (Å²) in [6.45, 7) is 4.59. The van der Waals surface area contributed by atoms with Crippen LogP contribution in [0.1, 0.15) is 12.5 Å². The SMILES string of the molecule is CCNc1ncccc1CN1CC(O)C(O)C1. The lowest BCUT2D eigenvalue weighted by Gasteiger charge is -2.17. The lowest BCUT2D eigenvalue weighted by molar-refractivity contribution is 0.0572. The van der Waals surface area contributed by atoms with Gasteiger partial charge in [-0.15, -0.1) is 0 Å². The number of hydrogen-bond acceptors (Lipinski definition) is 5. The molecule has 0 amide bonds. The molecular weight excluding hydrogens is 218 g/mol. The van der Waals surface area contributed by atoms with Crippen LogP contribution in [0.2, 0.25) is 0 Å². The molecule has 0 aromatic carbocycles. The Labute approximate surface area is 101 Å². The van der Waals surface area contributed by atoms with Crippen LogP contribution in [0.3, 0.4) is 0 Å². The van der Waals surface area contributed by atoms with Crippen molar-refractivity contribution in [2.45, 2.75) is 25.7 Å². The van der Waals surface area contributed by atoms with Crippen molar-refractivity contribution in [3.8, 4) is 0 Å². The molecule has 3 N–H and O–H groups in total. The number of nitrogens with zero attached hydrogens (tertiary/aromatic N) is 2. The van der Waals surface area contributed by atoms with Crippen molar-refractivity contribution >= 4 is 5.82 Å². The standard InChI is InChI=1S/C12H19N3O2/c1-2-13-12-9(4-3-5-14-12)6-15-7-10(16)11(17)8-15/h3-5,10-11,16-17H,2,6-8H2,1H3,(H,13,14). The molecule has 1 aliphatic heterocycles. The summed E-state index contributed by atoms with van der Waals surface area (Å²) >= 11 is 0. The number of rotatable bonds is 4. The summed E-state index contributed by atoms with van der Waals surface area (Å²) in [4.78, 5) is 6.32. The van der Waals surface area contributed by atoms with Gasteiger partial charge in [0.15, 0.2) is 0 Å². The Balaban J connectivity index is 2.03. The van der Waals surface area contributed by atoms with E-state index in [1.165, 1.54) is 0 Å². The predicted molar refractivity (Wildman–Crippen MR) is 65.7 cm³/mol. The van der Waals surface area contributed by atoms with Gasteiger partial charge < -0.3 is 15.5 Å². The van der Waals surface area contributed by atoms with Crippen molar-refractivity contribution in [1.82, 2.24) is 9.88 Å². The quantitative estimate of drug-likeness (QED) is 0.690. The largest absolute Gasteiger partial charge is 0.389 e. The van der Waals surface area contributed by atoms with Crippen LogP contribution in [-0.2, 0) is 6.54 Å². The molecule has 5 heteroatoms. The fourth-order valence-electron chi connectivity index (χ4n) is 2.11. The number of β-amino-alcohol motifs (C(OH)–C–C–N with tert-alkyl or cyclic N) is 2. The van der Waals surface area contributed by atoms with Crippen LogP contribution in [0.15, 0.2) is 18.3 Å². The maximum absolute atomic E-state index is 9.50. The molecule has 0 spiro atoms. The van der Waals surface area contributed by atoms with E-state index in [2.05, 4.69) is 10.3 Å². The summed E-state index contributed by atoms with van der Waals surface area (Å²) in [5.41, 5.74) is 1.09. The van der Waals surface area contributed by atoms with Crippen molar-refractivity contribution in [1.29, 1.82) is 0 Å². The first-order chi connectivity index (χ1) is 8.20. The van der Waals surface area contributed by atoms with E-state index in [-0.39, 0.29) is 0 Å². The molecule has 5 nitrogen and oxygen atoms in total. The van der Waals surface area contributed by atoms with Gasteiger partial charge in [-0.3, -0.25) is 4.90 Å². The summed E-state index contributed by atoms with van der Waals surface area (Å²) in [5, 5.41) is 22.2. The summed E-state index contributed by atoms with van der Waals surface area (Å²) in [6, 6.07) is 3.92. The molecule has 1 saturated heterocycles. The normalized spacial score (nSPS) is 25.1. The Bertz CT molecular complexity index is 363. The number of aliphatic hydroxyl groups is 2. The minimum Gasteiger partial charge on any atom is -0.389 e. The van der Waals surface area contributed by atoms with E-state index in [0.29, 0.717) is 19.6 Å². The number of pyridine rings is 1. The molecule has 1 fully saturated rings. The van der Waals surface area contributed by atoms with Crippen LogP contribution >= 0.6 is 0 Å². The van der Waals surface area contributed by atoms with Crippen LogP contribution in [0.4, 0.5) is 5.82 Å². The second-order valence-corrected chi connectivity index (χ2v) is 4.37. The summed E-state index contributed by atoms with van der Waals surface area (Å²) in [6.07, 6.45) is 0.498. The molecule has 1 aromatic rings. The van der Waals surface area contributed by atoms with Crippen LogP contribution < -0.4 is 5.32 Å². The zero-order valence-corrected chi connectivity index (χ0v) is 10.0. The smallest absolute Gasteiger partial charge is 0.130 e. The van der Waals surface area contributed by atoms with Crippen LogP contribution in [0.25, 0.3) is 0 Å². The minimum atomic E-state index is -0.630. The number of anilines is 1. The molecule has 1 aliphatic rings. The van der Waals surface area contributed by atoms with Crippen molar-refractivity contribution in [3.05, 3.63) is 23.9 Å². The lowest BCUT2D eigenvalue weighted by Crippen LogP contribution is -2.22. The van der Waals surface area contributed by atoms with E-state index < -0.39 is 12.2 Å². The average molecular weight is 237 g/mol. The third kappa shape index (κ3) is 2.94. The molecule has 2 atom stereocenters. The molecule has 0 bridgehead atoms. The second-order valence-electron chi connectivity index (χ2n) is 4.37. The van der Waals surface area contributed by atoms with Gasteiger partial charge in [0.25, 0.3) is 0 Å². The number of nitrogens with one attached hydrogen (secondary N) is 1. The Morgan fingerprint density at radius 2 is 2.12 bits per heavy atom. The molecule has 0 radical (unpaired) electrons. The van der Waals surface area contributed by atoms with E-state index >= 15 is 0 Å². The van der Waals surface area contributed by atoms with Crippen LogP contribution in [-0.4, -0.2) is 51.9 Å². The maximum atomic E-state index is 9.50. The molecule has 1 aromatic heterocycles. The van der Waals surface area contributed by atoms with E-state index in [1.54, 1.807) is 6.20 Å². The van der Waals surface area contributed by atoms with Gasteiger partial charge in [0.05, 0.1) is 12.2 Å². The molecule has 94 valence electrons. The molecule has 0 aliphatic carbocycles. The molecule has 2 unspecified atom stereocenters. The fourth-order valence-corrected chi connectivity index (χ4v) is 2.11. The number of aliphatic hydroxyl groups excluding tert-OH is 2. The maximum Gasteiger partial charge on any atom is 0.130 e. The van der Waals surface area contributed by atoms with E-state index in [0.717, 1.165) is 17.9 Å². The van der Waals surface area contributed by atoms with E-state index in [1.807, 2.05) is 24.0 Å². The van der Waals surface area contributed by atoms with Gasteiger partial charge in [-0.1, -0.05) is 6.07 Å². The zero-order chi connectivity index (χ0) is 12.3. The highest BCUT2D eigenvalue weighted by molar-refractivity contribution is 5.43. The Morgan fingerprint density at radius 3 is 2.76 bits per heavy atom. The zero-order valence-electron chi connectivity index (χ0n) is 10.0. The Morgan fingerprint density at radius 1 is 1.41 bits per heavy atom. The van der Waals surface area contributed by atoms with E-state index in [4.69, 9.17) is 0 Å². The molecule has 0 saturated carbocycles. The summed E-state index contributed by atoms with van der Waals surface area (Å²) in [7, 11) is 0. The van der Waals surface area contributed by atoms with Crippen molar-refractivity contribution in [3.63, 3.8) is 0 Å². The van der Waals surface area contributed by atoms with Crippen molar-refractivity contribution < 1.29 is 10.2 Å². The monoisotopic (exact) mass is 237 g/mol. The van der Waals surface area contributed by atoms with Crippen LogP contribution in [0.5, 0.6) is 0 Å². The third-order valence-electron chi connectivity index (χ3n) is 2.96. The van der Waals surface area contributed by atoms with Gasteiger partial charge in [0, 0.05) is 37.9 Å². The lowest BCUT2D eigenvalue weighted by atomic mass is 10.2. The topological polar surface area (TPSA) is 68.6 Å².